The lowest BCUT2D eigenvalue weighted by Gasteiger charge is -2.34. The van der Waals surface area contributed by atoms with Gasteiger partial charge in [-0.1, -0.05) is 0 Å². The van der Waals surface area contributed by atoms with E-state index in [2.05, 4.69) is 43.0 Å². The average Bonchev–Trinajstić information content (AvgIpc) is 2.78. The van der Waals surface area contributed by atoms with E-state index in [9.17, 15) is 0 Å². The molecule has 2 unspecified atom stereocenters. The lowest BCUT2D eigenvalue weighted by Crippen LogP contribution is -2.42. The van der Waals surface area contributed by atoms with Gasteiger partial charge in [-0.25, -0.2) is 0 Å². The molecule has 1 aromatic heterocycles. The van der Waals surface area contributed by atoms with Crippen LogP contribution in [0.15, 0.2) is 12.3 Å². The molecule has 1 aromatic rings. The Kier molecular flexibility index (Phi) is 6.30. The topological polar surface area (TPSA) is 47.1 Å². The molecule has 0 saturated carbocycles. The highest BCUT2D eigenvalue weighted by Crippen LogP contribution is 2.20. The van der Waals surface area contributed by atoms with Crippen molar-refractivity contribution in [1.29, 1.82) is 0 Å². The summed E-state index contributed by atoms with van der Waals surface area (Å²) in [7, 11) is 0. The Morgan fingerprint density at radius 1 is 1.42 bits per heavy atom. The van der Waals surface area contributed by atoms with Crippen molar-refractivity contribution in [1.82, 2.24) is 14.7 Å². The Morgan fingerprint density at radius 2 is 2.16 bits per heavy atom. The maximum absolute atomic E-state index is 6.02. The molecule has 2 N–H and O–H groups in total. The van der Waals surface area contributed by atoms with Gasteiger partial charge >= 0.3 is 0 Å². The van der Waals surface area contributed by atoms with Gasteiger partial charge in [0.25, 0.3) is 0 Å². The van der Waals surface area contributed by atoms with Gasteiger partial charge in [-0.2, -0.15) is 5.10 Å². The molecule has 0 spiro atoms. The molecule has 2 heterocycles. The van der Waals surface area contributed by atoms with Crippen molar-refractivity contribution < 1.29 is 0 Å². The van der Waals surface area contributed by atoms with Gasteiger partial charge in [0.2, 0.25) is 0 Å². The molecular formula is C14H27ClN4. The maximum atomic E-state index is 6.02. The lowest BCUT2D eigenvalue weighted by atomic mass is 9.92. The SMILES string of the molecule is CC(N)C1CCCN(Cc2ccn(C(C)C)n2)C1.Cl. The molecule has 2 rings (SSSR count). The highest BCUT2D eigenvalue weighted by atomic mass is 35.5. The molecular weight excluding hydrogens is 260 g/mol. The summed E-state index contributed by atoms with van der Waals surface area (Å²) in [6, 6.07) is 2.88. The normalized spacial score (nSPS) is 22.3. The number of hydrogen-bond donors (Lipinski definition) is 1. The Bertz CT molecular complexity index is 375. The standard InChI is InChI=1S/C14H26N4.ClH/c1-11(2)18-8-6-14(16-18)10-17-7-4-5-13(9-17)12(3)15;/h6,8,11-13H,4-5,7,9-10,15H2,1-3H3;1H. The van der Waals surface area contributed by atoms with Gasteiger partial charge in [0.05, 0.1) is 5.69 Å². The summed E-state index contributed by atoms with van der Waals surface area (Å²) >= 11 is 0. The number of nitrogens with zero attached hydrogens (tertiary/aromatic N) is 3. The van der Waals surface area contributed by atoms with Gasteiger partial charge in [0.15, 0.2) is 0 Å². The minimum Gasteiger partial charge on any atom is -0.328 e. The third kappa shape index (κ3) is 4.48. The Labute approximate surface area is 122 Å². The first kappa shape index (κ1) is 16.5. The van der Waals surface area contributed by atoms with Crippen molar-refractivity contribution in [3.63, 3.8) is 0 Å². The Hall–Kier alpha value is -0.580. The van der Waals surface area contributed by atoms with Crippen LogP contribution in [-0.2, 0) is 6.54 Å². The fourth-order valence-electron chi connectivity index (χ4n) is 2.64. The largest absolute Gasteiger partial charge is 0.328 e. The Balaban J connectivity index is 0.00000180. The summed E-state index contributed by atoms with van der Waals surface area (Å²) in [6.07, 6.45) is 4.61. The lowest BCUT2D eigenvalue weighted by molar-refractivity contribution is 0.152. The van der Waals surface area contributed by atoms with Gasteiger partial charge in [-0.3, -0.25) is 9.58 Å². The molecule has 0 aromatic carbocycles. The van der Waals surface area contributed by atoms with Crippen molar-refractivity contribution in [3.05, 3.63) is 18.0 Å². The van der Waals surface area contributed by atoms with Crippen LogP contribution in [0.25, 0.3) is 0 Å². The van der Waals surface area contributed by atoms with Crippen molar-refractivity contribution >= 4 is 12.4 Å². The summed E-state index contributed by atoms with van der Waals surface area (Å²) in [4.78, 5) is 2.49. The quantitative estimate of drug-likeness (QED) is 0.925. The molecule has 0 amide bonds. The molecule has 1 aliphatic rings. The van der Waals surface area contributed by atoms with Gasteiger partial charge in [-0.15, -0.1) is 12.4 Å². The van der Waals surface area contributed by atoms with Crippen LogP contribution in [0.5, 0.6) is 0 Å². The summed E-state index contributed by atoms with van der Waals surface area (Å²) in [6.45, 7) is 9.70. The predicted octanol–water partition coefficient (Wildman–Crippen LogP) is 2.45. The zero-order valence-corrected chi connectivity index (χ0v) is 13.1. The highest BCUT2D eigenvalue weighted by Gasteiger charge is 2.23. The van der Waals surface area contributed by atoms with Crippen LogP contribution >= 0.6 is 12.4 Å². The van der Waals surface area contributed by atoms with Crippen molar-refractivity contribution in [2.75, 3.05) is 13.1 Å². The maximum Gasteiger partial charge on any atom is 0.0764 e. The molecule has 1 fully saturated rings. The van der Waals surface area contributed by atoms with E-state index >= 15 is 0 Å². The van der Waals surface area contributed by atoms with Crippen molar-refractivity contribution in [2.24, 2.45) is 11.7 Å². The second kappa shape index (κ2) is 7.27. The van der Waals surface area contributed by atoms with E-state index in [1.807, 2.05) is 4.68 Å². The molecule has 0 bridgehead atoms. The molecule has 0 aliphatic carbocycles. The van der Waals surface area contributed by atoms with Crippen LogP contribution in [0.3, 0.4) is 0 Å². The first-order chi connectivity index (χ1) is 8.56. The Morgan fingerprint density at radius 3 is 2.74 bits per heavy atom. The number of halogens is 1. The molecule has 4 nitrogen and oxygen atoms in total. The first-order valence-corrected chi connectivity index (χ1v) is 7.08. The first-order valence-electron chi connectivity index (χ1n) is 7.08. The molecule has 110 valence electrons. The molecule has 19 heavy (non-hydrogen) atoms. The predicted molar refractivity (Wildman–Crippen MR) is 81.5 cm³/mol. The van der Waals surface area contributed by atoms with Crippen molar-refractivity contribution in [3.8, 4) is 0 Å². The van der Waals surface area contributed by atoms with E-state index in [0.29, 0.717) is 18.0 Å². The molecule has 5 heteroatoms. The number of hydrogen-bond acceptors (Lipinski definition) is 3. The van der Waals surface area contributed by atoms with Gasteiger partial charge in [0.1, 0.15) is 0 Å². The second-order valence-electron chi connectivity index (χ2n) is 5.88. The number of rotatable bonds is 4. The van der Waals surface area contributed by atoms with Gasteiger partial charge in [0, 0.05) is 31.4 Å². The summed E-state index contributed by atoms with van der Waals surface area (Å²) in [5, 5.41) is 4.62. The zero-order valence-electron chi connectivity index (χ0n) is 12.2. The van der Waals surface area contributed by atoms with Crippen LogP contribution in [0.1, 0.15) is 45.3 Å². The summed E-state index contributed by atoms with van der Waals surface area (Å²) in [5.74, 6) is 0.644. The van der Waals surface area contributed by atoms with E-state index in [0.717, 1.165) is 13.1 Å². The minimum absolute atomic E-state index is 0. The fraction of sp³-hybridized carbons (Fsp3) is 0.786. The van der Waals surface area contributed by atoms with Crippen LogP contribution in [0.4, 0.5) is 0 Å². The van der Waals surface area contributed by atoms with Crippen LogP contribution in [-0.4, -0.2) is 33.8 Å². The van der Waals surface area contributed by atoms with E-state index in [-0.39, 0.29) is 12.4 Å². The van der Waals surface area contributed by atoms with Crippen molar-refractivity contribution in [2.45, 2.75) is 52.2 Å². The third-order valence-corrected chi connectivity index (χ3v) is 3.86. The van der Waals surface area contributed by atoms with Crippen LogP contribution < -0.4 is 5.73 Å². The highest BCUT2D eigenvalue weighted by molar-refractivity contribution is 5.85. The zero-order chi connectivity index (χ0) is 13.1. The number of likely N-dealkylation sites (tertiary alicyclic amines) is 1. The molecule has 1 aliphatic heterocycles. The van der Waals surface area contributed by atoms with Gasteiger partial charge in [-0.05, 0) is 52.1 Å². The summed E-state index contributed by atoms with van der Waals surface area (Å²) < 4.78 is 2.03. The van der Waals surface area contributed by atoms with E-state index in [1.54, 1.807) is 0 Å². The van der Waals surface area contributed by atoms with Gasteiger partial charge < -0.3 is 5.73 Å². The monoisotopic (exact) mass is 286 g/mol. The molecule has 1 saturated heterocycles. The van der Waals surface area contributed by atoms with Crippen LogP contribution in [0.2, 0.25) is 0 Å². The second-order valence-corrected chi connectivity index (χ2v) is 5.88. The van der Waals surface area contributed by atoms with E-state index in [1.165, 1.54) is 25.1 Å². The summed E-state index contributed by atoms with van der Waals surface area (Å²) in [5.41, 5.74) is 7.20. The van der Waals surface area contributed by atoms with E-state index < -0.39 is 0 Å². The number of nitrogens with two attached hydrogens (primary N) is 1. The van der Waals surface area contributed by atoms with Crippen LogP contribution in [0, 0.1) is 5.92 Å². The minimum atomic E-state index is 0. The molecule has 2 atom stereocenters. The molecule has 0 radical (unpaired) electrons. The average molecular weight is 287 g/mol. The third-order valence-electron chi connectivity index (χ3n) is 3.86. The fourth-order valence-corrected chi connectivity index (χ4v) is 2.64. The number of aromatic nitrogens is 2. The number of piperidine rings is 1. The smallest absolute Gasteiger partial charge is 0.0764 e. The van der Waals surface area contributed by atoms with E-state index in [4.69, 9.17) is 5.73 Å².